The highest BCUT2D eigenvalue weighted by molar-refractivity contribution is 14.1. The molecule has 0 aliphatic rings. The van der Waals surface area contributed by atoms with Gasteiger partial charge in [0.1, 0.15) is 17.0 Å². The van der Waals surface area contributed by atoms with Crippen molar-refractivity contribution in [2.24, 2.45) is 0 Å². The molecule has 0 N–H and O–H groups in total. The molecule has 82 valence electrons. The van der Waals surface area contributed by atoms with Crippen LogP contribution in [0.25, 0.3) is 10.9 Å². The van der Waals surface area contributed by atoms with E-state index in [9.17, 15) is 4.79 Å². The number of hydrogen-bond donors (Lipinski definition) is 0. The van der Waals surface area contributed by atoms with E-state index in [1.807, 2.05) is 6.07 Å². The summed E-state index contributed by atoms with van der Waals surface area (Å²) in [4.78, 5) is 18.9. The van der Waals surface area contributed by atoms with E-state index in [0.717, 1.165) is 3.57 Å². The fourth-order valence-corrected chi connectivity index (χ4v) is 2.09. The largest absolute Gasteiger partial charge is 0.424 e. The Morgan fingerprint density at radius 1 is 1.44 bits per heavy atom. The Morgan fingerprint density at radius 2 is 2.19 bits per heavy atom. The number of hydrogen-bond acceptors (Lipinski definition) is 4. The number of carbonyl (C=O) groups excluding carboxylic acids is 1. The Labute approximate surface area is 110 Å². The molecule has 4 nitrogen and oxygen atoms in total. The van der Waals surface area contributed by atoms with Crippen molar-refractivity contribution in [2.45, 2.75) is 6.92 Å². The molecule has 6 heteroatoms. The monoisotopic (exact) mass is 348 g/mol. The molecule has 0 saturated carbocycles. The molecule has 1 heterocycles. The highest BCUT2D eigenvalue weighted by atomic mass is 127. The molecule has 2 rings (SSSR count). The molecule has 0 aliphatic heterocycles. The van der Waals surface area contributed by atoms with E-state index >= 15 is 0 Å². The Morgan fingerprint density at radius 3 is 2.88 bits per heavy atom. The third kappa shape index (κ3) is 2.25. The zero-order chi connectivity index (χ0) is 11.7. The highest BCUT2D eigenvalue weighted by Gasteiger charge is 2.10. The zero-order valence-corrected chi connectivity index (χ0v) is 11.1. The number of rotatable bonds is 1. The van der Waals surface area contributed by atoms with Crippen molar-refractivity contribution >= 4 is 51.1 Å². The molecule has 1 aromatic heterocycles. The molecule has 0 aliphatic carbocycles. The maximum absolute atomic E-state index is 11.0. The summed E-state index contributed by atoms with van der Waals surface area (Å²) >= 11 is 8.05. The lowest BCUT2D eigenvalue weighted by atomic mass is 10.2. The van der Waals surface area contributed by atoms with Crippen molar-refractivity contribution in [2.75, 3.05) is 0 Å². The quantitative estimate of drug-likeness (QED) is 0.344. The van der Waals surface area contributed by atoms with Crippen LogP contribution in [-0.2, 0) is 4.79 Å². The topological polar surface area (TPSA) is 52.1 Å². The van der Waals surface area contributed by atoms with E-state index < -0.39 is 5.97 Å². The normalized spacial score (nSPS) is 10.4. The van der Waals surface area contributed by atoms with Gasteiger partial charge in [0.15, 0.2) is 5.75 Å². The van der Waals surface area contributed by atoms with Gasteiger partial charge in [-0.05, 0) is 34.7 Å². The van der Waals surface area contributed by atoms with Gasteiger partial charge in [-0.1, -0.05) is 11.6 Å². The lowest BCUT2D eigenvalue weighted by molar-refractivity contribution is -0.131. The summed E-state index contributed by atoms with van der Waals surface area (Å²) in [6.07, 6.45) is 1.34. The van der Waals surface area contributed by atoms with Crippen LogP contribution in [0.5, 0.6) is 5.75 Å². The molecular weight excluding hydrogens is 342 g/mol. The summed E-state index contributed by atoms with van der Waals surface area (Å²) in [5.41, 5.74) is 0.538. The SMILES string of the molecule is CC(=O)Oc1cc(I)cc2c(Cl)ncnc12. The van der Waals surface area contributed by atoms with Crippen LogP contribution in [0.3, 0.4) is 0 Å². The van der Waals surface area contributed by atoms with Crippen LogP contribution in [0.2, 0.25) is 5.15 Å². The van der Waals surface area contributed by atoms with Crippen molar-refractivity contribution in [3.8, 4) is 5.75 Å². The van der Waals surface area contributed by atoms with Crippen LogP contribution in [0, 0.1) is 3.57 Å². The summed E-state index contributed by atoms with van der Waals surface area (Å²) in [7, 11) is 0. The van der Waals surface area contributed by atoms with Gasteiger partial charge in [-0.3, -0.25) is 4.79 Å². The second-order valence-electron chi connectivity index (χ2n) is 3.06. The van der Waals surface area contributed by atoms with E-state index in [2.05, 4.69) is 32.6 Å². The number of halogens is 2. The van der Waals surface area contributed by atoms with Gasteiger partial charge in [0, 0.05) is 15.9 Å². The lowest BCUT2D eigenvalue weighted by Crippen LogP contribution is -2.03. The minimum Gasteiger partial charge on any atom is -0.424 e. The first-order chi connectivity index (χ1) is 7.58. The van der Waals surface area contributed by atoms with E-state index in [0.29, 0.717) is 21.8 Å². The number of carbonyl (C=O) groups is 1. The van der Waals surface area contributed by atoms with Gasteiger partial charge in [0.05, 0.1) is 0 Å². The van der Waals surface area contributed by atoms with Crippen molar-refractivity contribution in [3.63, 3.8) is 0 Å². The predicted octanol–water partition coefficient (Wildman–Crippen LogP) is 2.81. The van der Waals surface area contributed by atoms with Crippen LogP contribution in [0.1, 0.15) is 6.92 Å². The van der Waals surface area contributed by atoms with Crippen LogP contribution in [0.15, 0.2) is 18.5 Å². The Balaban J connectivity index is 2.72. The average Bonchev–Trinajstić information content (AvgIpc) is 2.18. The van der Waals surface area contributed by atoms with Crippen LogP contribution < -0.4 is 4.74 Å². The minimum absolute atomic E-state index is 0.344. The van der Waals surface area contributed by atoms with Crippen molar-refractivity contribution in [3.05, 3.63) is 27.2 Å². The maximum atomic E-state index is 11.0. The molecule has 0 spiro atoms. The van der Waals surface area contributed by atoms with Gasteiger partial charge in [0.25, 0.3) is 0 Å². The first kappa shape index (κ1) is 11.5. The highest BCUT2D eigenvalue weighted by Crippen LogP contribution is 2.29. The zero-order valence-electron chi connectivity index (χ0n) is 8.20. The Bertz CT molecular complexity index is 574. The van der Waals surface area contributed by atoms with E-state index in [4.69, 9.17) is 16.3 Å². The Hall–Kier alpha value is -0.950. The summed E-state index contributed by atoms with van der Waals surface area (Å²) < 4.78 is 5.97. The molecule has 0 fully saturated rings. The molecule has 1 aromatic carbocycles. The third-order valence-electron chi connectivity index (χ3n) is 1.87. The first-order valence-electron chi connectivity index (χ1n) is 4.36. The summed E-state index contributed by atoms with van der Waals surface area (Å²) in [6, 6.07) is 3.57. The van der Waals surface area contributed by atoms with Crippen LogP contribution in [0.4, 0.5) is 0 Å². The third-order valence-corrected chi connectivity index (χ3v) is 2.80. The smallest absolute Gasteiger partial charge is 0.308 e. The summed E-state index contributed by atoms with van der Waals surface area (Å²) in [5.74, 6) is 0.0109. The number of esters is 1. The molecule has 16 heavy (non-hydrogen) atoms. The molecule has 0 amide bonds. The van der Waals surface area contributed by atoms with Gasteiger partial charge in [-0.25, -0.2) is 9.97 Å². The molecule has 0 atom stereocenters. The average molecular weight is 349 g/mol. The van der Waals surface area contributed by atoms with Crippen LogP contribution in [-0.4, -0.2) is 15.9 Å². The first-order valence-corrected chi connectivity index (χ1v) is 5.82. The van der Waals surface area contributed by atoms with Crippen molar-refractivity contribution in [1.29, 1.82) is 0 Å². The predicted molar refractivity (Wildman–Crippen MR) is 68.6 cm³/mol. The van der Waals surface area contributed by atoms with Gasteiger partial charge < -0.3 is 4.74 Å². The fourth-order valence-electron chi connectivity index (χ4n) is 1.30. The van der Waals surface area contributed by atoms with Crippen LogP contribution >= 0.6 is 34.2 Å². The number of benzene rings is 1. The number of nitrogens with zero attached hydrogens (tertiary/aromatic N) is 2. The van der Waals surface area contributed by atoms with Crippen molar-refractivity contribution in [1.82, 2.24) is 9.97 Å². The van der Waals surface area contributed by atoms with E-state index in [1.54, 1.807) is 6.07 Å². The number of ether oxygens (including phenoxy) is 1. The standard InChI is InChI=1S/C10H6ClIN2O2/c1-5(15)16-8-3-6(12)2-7-9(8)13-4-14-10(7)11/h2-4H,1H3. The molecular formula is C10H6ClIN2O2. The van der Waals surface area contributed by atoms with Gasteiger partial charge in [-0.15, -0.1) is 0 Å². The second kappa shape index (κ2) is 4.50. The van der Waals surface area contributed by atoms with Gasteiger partial charge in [0.2, 0.25) is 0 Å². The molecule has 2 aromatic rings. The molecule has 0 unspecified atom stereocenters. The second-order valence-corrected chi connectivity index (χ2v) is 4.66. The summed E-state index contributed by atoms with van der Waals surface area (Å²) in [6.45, 7) is 1.34. The number of aromatic nitrogens is 2. The van der Waals surface area contributed by atoms with Crippen molar-refractivity contribution < 1.29 is 9.53 Å². The number of fused-ring (bicyclic) bond motifs is 1. The lowest BCUT2D eigenvalue weighted by Gasteiger charge is -2.06. The molecule has 0 radical (unpaired) electrons. The van der Waals surface area contributed by atoms with Gasteiger partial charge >= 0.3 is 5.97 Å². The van der Waals surface area contributed by atoms with E-state index in [1.165, 1.54) is 13.3 Å². The minimum atomic E-state index is -0.391. The maximum Gasteiger partial charge on any atom is 0.308 e. The Kier molecular flexibility index (Phi) is 3.25. The molecule has 0 saturated heterocycles. The fraction of sp³-hybridized carbons (Fsp3) is 0.100. The van der Waals surface area contributed by atoms with E-state index in [-0.39, 0.29) is 0 Å². The molecule has 0 bridgehead atoms. The summed E-state index contributed by atoms with van der Waals surface area (Å²) in [5, 5.41) is 1.02. The van der Waals surface area contributed by atoms with Gasteiger partial charge in [-0.2, -0.15) is 0 Å².